The van der Waals surface area contributed by atoms with Crippen molar-refractivity contribution in [2.45, 2.75) is 25.2 Å². The fraction of sp³-hybridized carbons (Fsp3) is 0.500. The predicted molar refractivity (Wildman–Crippen MR) is 78.3 cm³/mol. The summed E-state index contributed by atoms with van der Waals surface area (Å²) >= 11 is 10.8. The SMILES string of the molecule is CCCC(CBr)(CBr)c1cccc(Br)c1. The van der Waals surface area contributed by atoms with Crippen LogP contribution in [0.15, 0.2) is 28.7 Å². The van der Waals surface area contributed by atoms with Gasteiger partial charge in [-0.1, -0.05) is 73.3 Å². The lowest BCUT2D eigenvalue weighted by molar-refractivity contribution is 0.497. The molecule has 0 bridgehead atoms. The van der Waals surface area contributed by atoms with Crippen LogP contribution in [0.25, 0.3) is 0 Å². The lowest BCUT2D eigenvalue weighted by atomic mass is 9.81. The number of hydrogen-bond donors (Lipinski definition) is 0. The molecule has 1 aromatic carbocycles. The van der Waals surface area contributed by atoms with E-state index in [0.29, 0.717) is 0 Å². The normalized spacial score (nSPS) is 11.7. The number of rotatable bonds is 5. The van der Waals surface area contributed by atoms with Gasteiger partial charge >= 0.3 is 0 Å². The second-order valence-electron chi connectivity index (χ2n) is 3.81. The highest BCUT2D eigenvalue weighted by Crippen LogP contribution is 2.34. The third-order valence-corrected chi connectivity index (χ3v) is 5.32. The molecule has 1 aromatic rings. The van der Waals surface area contributed by atoms with Crippen molar-refractivity contribution < 1.29 is 0 Å². The van der Waals surface area contributed by atoms with E-state index in [1.54, 1.807) is 0 Å². The zero-order valence-corrected chi connectivity index (χ0v) is 13.5. The molecular weight excluding hydrogens is 384 g/mol. The van der Waals surface area contributed by atoms with Crippen molar-refractivity contribution in [3.63, 3.8) is 0 Å². The van der Waals surface area contributed by atoms with Gasteiger partial charge in [0.25, 0.3) is 0 Å². The van der Waals surface area contributed by atoms with Gasteiger partial charge in [-0.2, -0.15) is 0 Å². The summed E-state index contributed by atoms with van der Waals surface area (Å²) in [5.74, 6) is 0. The Labute approximate surface area is 117 Å². The molecule has 0 aliphatic heterocycles. The minimum atomic E-state index is 0.221. The summed E-state index contributed by atoms with van der Waals surface area (Å²) in [6.45, 7) is 2.23. The van der Waals surface area contributed by atoms with Crippen LogP contribution in [0.2, 0.25) is 0 Å². The standard InChI is InChI=1S/C12H15Br3/c1-2-6-12(8-13,9-14)10-4-3-5-11(15)7-10/h3-5,7H,2,6,8-9H2,1H3. The number of halogens is 3. The van der Waals surface area contributed by atoms with Crippen LogP contribution in [0.5, 0.6) is 0 Å². The molecule has 0 unspecified atom stereocenters. The largest absolute Gasteiger partial charge is 0.0918 e. The van der Waals surface area contributed by atoms with Gasteiger partial charge < -0.3 is 0 Å². The smallest absolute Gasteiger partial charge is 0.0178 e. The van der Waals surface area contributed by atoms with Crippen LogP contribution >= 0.6 is 47.8 Å². The van der Waals surface area contributed by atoms with E-state index in [2.05, 4.69) is 79.0 Å². The first-order valence-corrected chi connectivity index (χ1v) is 8.10. The highest BCUT2D eigenvalue weighted by Gasteiger charge is 2.29. The Bertz CT molecular complexity index is 305. The molecule has 0 aromatic heterocycles. The number of hydrogen-bond acceptors (Lipinski definition) is 0. The molecule has 3 heteroatoms. The Balaban J connectivity index is 3.07. The summed E-state index contributed by atoms with van der Waals surface area (Å²) in [5.41, 5.74) is 1.62. The first-order valence-electron chi connectivity index (χ1n) is 5.06. The highest BCUT2D eigenvalue weighted by atomic mass is 79.9. The molecule has 0 saturated carbocycles. The topological polar surface area (TPSA) is 0 Å². The van der Waals surface area contributed by atoms with Gasteiger partial charge in [0, 0.05) is 20.5 Å². The summed E-state index contributed by atoms with van der Waals surface area (Å²) in [7, 11) is 0. The Kier molecular flexibility index (Phi) is 5.86. The Morgan fingerprint density at radius 2 is 1.87 bits per heavy atom. The Morgan fingerprint density at radius 1 is 1.20 bits per heavy atom. The maximum atomic E-state index is 3.65. The third kappa shape index (κ3) is 3.31. The molecule has 0 radical (unpaired) electrons. The summed E-state index contributed by atoms with van der Waals surface area (Å²) in [5, 5.41) is 1.99. The zero-order valence-electron chi connectivity index (χ0n) is 8.77. The Hall–Kier alpha value is 0.660. The monoisotopic (exact) mass is 396 g/mol. The van der Waals surface area contributed by atoms with Crippen LogP contribution in [-0.4, -0.2) is 10.7 Å². The van der Waals surface area contributed by atoms with E-state index in [4.69, 9.17) is 0 Å². The van der Waals surface area contributed by atoms with Gasteiger partial charge in [-0.05, 0) is 24.1 Å². The van der Waals surface area contributed by atoms with Gasteiger partial charge in [-0.3, -0.25) is 0 Å². The van der Waals surface area contributed by atoms with E-state index in [1.165, 1.54) is 18.4 Å². The maximum absolute atomic E-state index is 3.65. The fourth-order valence-corrected chi connectivity index (χ4v) is 4.30. The molecule has 0 aliphatic carbocycles. The molecule has 0 atom stereocenters. The predicted octanol–water partition coefficient (Wildman–Crippen LogP) is 5.28. The first-order chi connectivity index (χ1) is 7.18. The highest BCUT2D eigenvalue weighted by molar-refractivity contribution is 9.10. The summed E-state index contributed by atoms with van der Waals surface area (Å²) < 4.78 is 1.15. The van der Waals surface area contributed by atoms with E-state index in [0.717, 1.165) is 15.1 Å². The quantitative estimate of drug-likeness (QED) is 0.592. The van der Waals surface area contributed by atoms with Gasteiger partial charge in [-0.25, -0.2) is 0 Å². The molecule has 0 aliphatic rings. The van der Waals surface area contributed by atoms with E-state index in [9.17, 15) is 0 Å². The Morgan fingerprint density at radius 3 is 2.33 bits per heavy atom. The van der Waals surface area contributed by atoms with Gasteiger partial charge in [0.1, 0.15) is 0 Å². The lowest BCUT2D eigenvalue weighted by Gasteiger charge is -2.30. The van der Waals surface area contributed by atoms with Crippen molar-refractivity contribution in [3.05, 3.63) is 34.3 Å². The van der Waals surface area contributed by atoms with Crippen molar-refractivity contribution in [1.82, 2.24) is 0 Å². The summed E-state index contributed by atoms with van der Waals surface area (Å²) in [4.78, 5) is 0. The van der Waals surface area contributed by atoms with E-state index < -0.39 is 0 Å². The van der Waals surface area contributed by atoms with Crippen molar-refractivity contribution in [1.29, 1.82) is 0 Å². The fourth-order valence-electron chi connectivity index (χ4n) is 1.76. The van der Waals surface area contributed by atoms with Crippen molar-refractivity contribution in [2.75, 3.05) is 10.7 Å². The molecule has 15 heavy (non-hydrogen) atoms. The van der Waals surface area contributed by atoms with Crippen LogP contribution in [0, 0.1) is 0 Å². The van der Waals surface area contributed by atoms with Crippen LogP contribution in [0.3, 0.4) is 0 Å². The maximum Gasteiger partial charge on any atom is 0.0178 e. The molecule has 0 amide bonds. The van der Waals surface area contributed by atoms with Crippen molar-refractivity contribution >= 4 is 47.8 Å². The van der Waals surface area contributed by atoms with E-state index in [-0.39, 0.29) is 5.41 Å². The van der Waals surface area contributed by atoms with E-state index in [1.807, 2.05) is 0 Å². The lowest BCUT2D eigenvalue weighted by Crippen LogP contribution is -2.29. The molecule has 0 nitrogen and oxygen atoms in total. The second kappa shape index (κ2) is 6.41. The minimum absolute atomic E-state index is 0.221. The number of benzene rings is 1. The molecule has 0 fully saturated rings. The zero-order chi connectivity index (χ0) is 11.3. The van der Waals surface area contributed by atoms with Crippen LogP contribution < -0.4 is 0 Å². The molecule has 0 saturated heterocycles. The van der Waals surface area contributed by atoms with Crippen molar-refractivity contribution in [2.24, 2.45) is 0 Å². The van der Waals surface area contributed by atoms with E-state index >= 15 is 0 Å². The summed E-state index contributed by atoms with van der Waals surface area (Å²) in [6.07, 6.45) is 2.39. The average molecular weight is 399 g/mol. The van der Waals surface area contributed by atoms with Gasteiger partial charge in [0.05, 0.1) is 0 Å². The van der Waals surface area contributed by atoms with Crippen LogP contribution in [-0.2, 0) is 5.41 Å². The van der Waals surface area contributed by atoms with Gasteiger partial charge in [-0.15, -0.1) is 0 Å². The van der Waals surface area contributed by atoms with Crippen LogP contribution in [0.4, 0.5) is 0 Å². The van der Waals surface area contributed by atoms with Gasteiger partial charge in [0.15, 0.2) is 0 Å². The average Bonchev–Trinajstić information content (AvgIpc) is 2.26. The second-order valence-corrected chi connectivity index (χ2v) is 5.85. The third-order valence-electron chi connectivity index (χ3n) is 2.68. The molecule has 0 spiro atoms. The first kappa shape index (κ1) is 13.7. The molecule has 0 N–H and O–H groups in total. The minimum Gasteiger partial charge on any atom is -0.0918 e. The molecule has 0 heterocycles. The molecule has 1 rings (SSSR count). The number of alkyl halides is 2. The summed E-state index contributed by atoms with van der Waals surface area (Å²) in [6, 6.07) is 8.61. The van der Waals surface area contributed by atoms with Crippen molar-refractivity contribution in [3.8, 4) is 0 Å². The molecular formula is C12H15Br3. The van der Waals surface area contributed by atoms with Crippen LogP contribution in [0.1, 0.15) is 25.3 Å². The van der Waals surface area contributed by atoms with Gasteiger partial charge in [0.2, 0.25) is 0 Å². The molecule has 84 valence electrons.